The van der Waals surface area contributed by atoms with E-state index in [0.717, 1.165) is 161 Å². The molecule has 0 radical (unpaired) electrons. The summed E-state index contributed by atoms with van der Waals surface area (Å²) in [6, 6.07) is 185. The van der Waals surface area contributed by atoms with Gasteiger partial charge in [-0.15, -0.1) is 225 Å². The molecule has 0 saturated heterocycles. The molecule has 12 nitrogen and oxygen atoms in total. The van der Waals surface area contributed by atoms with E-state index < -0.39 is 8.07 Å². The van der Waals surface area contributed by atoms with Crippen LogP contribution in [0, 0.1) is 36.4 Å². The Morgan fingerprint density at radius 1 is 0.218 bits per heavy atom. The van der Waals surface area contributed by atoms with Crippen LogP contribution in [-0.4, -0.2) is 47.9 Å². The van der Waals surface area contributed by atoms with Gasteiger partial charge < -0.3 is 18.6 Å². The zero-order valence-electron chi connectivity index (χ0n) is 78.4. The van der Waals surface area contributed by atoms with Gasteiger partial charge in [0, 0.05) is 62.4 Å². The smallest absolute Gasteiger partial charge is 0.437 e. The number of ether oxygens (including phenoxy) is 3. The first-order valence-electron chi connectivity index (χ1n) is 47.3. The summed E-state index contributed by atoms with van der Waals surface area (Å²) in [7, 11) is -2.66. The van der Waals surface area contributed by atoms with Crippen molar-refractivity contribution in [1.29, 1.82) is 0 Å². The summed E-state index contributed by atoms with van der Waals surface area (Å²) in [5, 5.41) is 9.64. The van der Waals surface area contributed by atoms with Gasteiger partial charge in [-0.1, -0.05) is 297 Å². The summed E-state index contributed by atoms with van der Waals surface area (Å²) in [5.74, 6) is 2.66. The standard InChI is InChI=1S/C52H36N2OSi.C39H23N3O2.C39H23N3OS.3Pt/c1-6-18-39(19-7-1)42-22-16-23-43(36-42)49-30-17-31-51(53-49)55-52-38-44(37-50(54-52)41-20-8-2-9-21-41)40-32-34-48(35-33-40)56(45-24-10-3-11-25-45,46-26-12-4-13-27-46)47-28-14-5-15-29-47;2*1-3-11-26(12-4-1)28-15-7-16-29(23-28)34-20-9-21-36(41-34)43-37-25-30(24-35(42-37)27-13-5-2-6-14-27)31-17-8-18-32-33-19-10-22-40-39(33)44-38(31)32;;;/h1-20,22,24-38H;2*1-13,15,17-25H;;;/q3*-2;3*+2. The zero-order chi connectivity index (χ0) is 96.2. The van der Waals surface area contributed by atoms with E-state index in [2.05, 4.69) is 277 Å². The molecule has 0 saturated carbocycles. The maximum atomic E-state index is 6.49. The van der Waals surface area contributed by atoms with E-state index in [1.807, 2.05) is 261 Å². The van der Waals surface area contributed by atoms with Gasteiger partial charge in [0.25, 0.3) is 0 Å². The van der Waals surface area contributed by atoms with Gasteiger partial charge >= 0.3 is 63.2 Å². The summed E-state index contributed by atoms with van der Waals surface area (Å²) < 4.78 is 26.7. The molecule has 0 bridgehead atoms. The molecule has 0 fully saturated rings. The molecule has 0 amide bonds. The van der Waals surface area contributed by atoms with Gasteiger partial charge in [0.05, 0.1) is 0 Å². The van der Waals surface area contributed by atoms with Crippen molar-refractivity contribution >= 4 is 82.5 Å². The molecule has 706 valence electrons. The quantitative estimate of drug-likeness (QED) is 0.0362. The van der Waals surface area contributed by atoms with E-state index in [0.29, 0.717) is 41.0 Å². The second-order valence-electron chi connectivity index (χ2n) is 34.2. The Morgan fingerprint density at radius 2 is 0.558 bits per heavy atom. The zero-order valence-corrected chi connectivity index (χ0v) is 87.0. The predicted molar refractivity (Wildman–Crippen MR) is 583 cm³/mol. The predicted octanol–water partition coefficient (Wildman–Crippen LogP) is 30.0. The molecule has 17 heteroatoms. The van der Waals surface area contributed by atoms with Gasteiger partial charge in [0.1, 0.15) is 10.4 Å². The molecule has 0 spiro atoms. The number of hydrogen-bond acceptors (Lipinski definition) is 13. The van der Waals surface area contributed by atoms with Crippen LogP contribution in [0.3, 0.4) is 0 Å². The van der Waals surface area contributed by atoms with Crippen molar-refractivity contribution in [2.75, 3.05) is 0 Å². The Kier molecular flexibility index (Phi) is 30.2. The molecule has 15 aromatic carbocycles. The van der Waals surface area contributed by atoms with E-state index in [4.69, 9.17) is 48.5 Å². The third kappa shape index (κ3) is 21.6. The van der Waals surface area contributed by atoms with Crippen LogP contribution in [-0.2, 0) is 63.2 Å². The summed E-state index contributed by atoms with van der Waals surface area (Å²) in [6.45, 7) is 0. The molecule has 0 aliphatic rings. The van der Waals surface area contributed by atoms with Crippen LogP contribution in [0.15, 0.2) is 502 Å². The largest absolute Gasteiger partial charge is 2.00 e. The van der Waals surface area contributed by atoms with E-state index >= 15 is 0 Å². The second kappa shape index (κ2) is 45.4. The van der Waals surface area contributed by atoms with Crippen molar-refractivity contribution in [3.8, 4) is 170 Å². The maximum Gasteiger partial charge on any atom is 2.00 e. The maximum absolute atomic E-state index is 6.49. The number of benzene rings is 15. The normalized spacial score (nSPS) is 11.0. The molecule has 0 unspecified atom stereocenters. The first-order chi connectivity index (χ1) is 71.3. The number of hydrogen-bond donors (Lipinski definition) is 0. The van der Waals surface area contributed by atoms with Crippen LogP contribution in [0.25, 0.3) is 177 Å². The van der Waals surface area contributed by atoms with E-state index in [9.17, 15) is 0 Å². The summed E-state index contributed by atoms with van der Waals surface area (Å²) in [4.78, 5) is 39.4. The number of aromatic nitrogens is 8. The molecule has 0 aliphatic heterocycles. The van der Waals surface area contributed by atoms with Crippen LogP contribution in [0.5, 0.6) is 35.3 Å². The van der Waals surface area contributed by atoms with Crippen LogP contribution >= 0.6 is 11.3 Å². The summed E-state index contributed by atoms with van der Waals surface area (Å²) in [6.07, 6.45) is 3.58. The van der Waals surface area contributed by atoms with E-state index in [-0.39, 0.29) is 63.2 Å². The molecule has 10 heterocycles. The Hall–Kier alpha value is -16.8. The van der Waals surface area contributed by atoms with Crippen LogP contribution in [0.4, 0.5) is 0 Å². The van der Waals surface area contributed by atoms with Crippen molar-refractivity contribution in [2.45, 2.75) is 0 Å². The number of nitrogens with zero attached hydrogens (tertiary/aromatic N) is 8. The third-order valence-corrected chi connectivity index (χ3v) is 31.1. The van der Waals surface area contributed by atoms with Crippen molar-refractivity contribution in [3.63, 3.8) is 0 Å². The monoisotopic (exact) mass is 2460 g/mol. The number of para-hydroxylation sites is 1. The Morgan fingerprint density at radius 3 is 0.986 bits per heavy atom. The Labute approximate surface area is 899 Å². The minimum absolute atomic E-state index is 0. The van der Waals surface area contributed by atoms with Gasteiger partial charge in [-0.25, -0.2) is 9.97 Å². The van der Waals surface area contributed by atoms with Gasteiger partial charge in [0.2, 0.25) is 41.0 Å². The van der Waals surface area contributed by atoms with Crippen molar-refractivity contribution in [1.82, 2.24) is 39.9 Å². The van der Waals surface area contributed by atoms with Crippen molar-refractivity contribution in [2.24, 2.45) is 0 Å². The fraction of sp³-hybridized carbons (Fsp3) is 0. The average Bonchev–Trinajstić information content (AvgIpc) is 1.54. The van der Waals surface area contributed by atoms with E-state index in [1.54, 1.807) is 17.5 Å². The molecule has 0 aliphatic carbocycles. The van der Waals surface area contributed by atoms with Crippen LogP contribution < -0.4 is 35.0 Å². The molecular weight excluding hydrogens is 2380 g/mol. The first kappa shape index (κ1) is 97.6. The number of pyridine rings is 8. The van der Waals surface area contributed by atoms with Gasteiger partial charge in [-0.2, -0.15) is 0 Å². The minimum Gasteiger partial charge on any atom is -0.437 e. The van der Waals surface area contributed by atoms with E-state index in [1.165, 1.54) is 30.8 Å². The molecule has 147 heavy (non-hydrogen) atoms. The average molecular weight is 2470 g/mol. The SMILES string of the molecule is [Pt+2].[Pt+2].[Pt+2].[c-]1ccccc1-c1cc(-c2ccc([Si](c3ccccc3)(c3ccccc3)c3ccccc3)cc2)cc(Oc2cccc(-c3[c-]ccc(-c4ccccc4)c3)n2)n1.[c-]1ccccc1-c1cc(-c2cccc3c2oc2ncccc23)cc(Oc2cccc(-c3[c-]ccc(-c4ccccc4)c3)n2)n1.[c-]1ccccc1-c1cc(-c2cccc3c2sc2ncccc23)cc(Oc2cccc(-c3[c-]ccc(-c4ccccc4)c3)n2)n1. The molecule has 0 N–H and O–H groups in total. The molecular formula is C130H82N8O4Pt3SSi. The van der Waals surface area contributed by atoms with Crippen molar-refractivity contribution < 1.29 is 81.8 Å². The first-order valence-corrected chi connectivity index (χ1v) is 50.1. The minimum atomic E-state index is -2.66. The van der Waals surface area contributed by atoms with Crippen LogP contribution in [0.2, 0.25) is 0 Å². The molecule has 25 aromatic rings. The molecule has 0 atom stereocenters. The number of thiophene rings is 1. The second-order valence-corrected chi connectivity index (χ2v) is 39.0. The third-order valence-electron chi connectivity index (χ3n) is 25.2. The Bertz CT molecular complexity index is 8440. The summed E-state index contributed by atoms with van der Waals surface area (Å²) in [5.41, 5.74) is 23.9. The van der Waals surface area contributed by atoms with Gasteiger partial charge in [-0.05, 0) is 142 Å². The fourth-order valence-electron chi connectivity index (χ4n) is 18.4. The number of furan rings is 1. The van der Waals surface area contributed by atoms with Crippen molar-refractivity contribution in [3.05, 3.63) is 534 Å². The molecule has 25 rings (SSSR count). The Balaban J connectivity index is 0.000000134. The topological polar surface area (TPSA) is 144 Å². The van der Waals surface area contributed by atoms with Gasteiger partial charge in [-0.3, -0.25) is 29.9 Å². The van der Waals surface area contributed by atoms with Gasteiger partial charge in [0.15, 0.2) is 8.07 Å². The molecule has 10 aromatic heterocycles. The summed E-state index contributed by atoms with van der Waals surface area (Å²) >= 11 is 1.70. The number of fused-ring (bicyclic) bond motifs is 6. The fourth-order valence-corrected chi connectivity index (χ4v) is 24.3. The van der Waals surface area contributed by atoms with Crippen LogP contribution in [0.1, 0.15) is 0 Å². The number of rotatable bonds is 22.